The number of aromatic nitrogens is 1. The first-order chi connectivity index (χ1) is 17.0. The molecule has 0 radical (unpaired) electrons. The fourth-order valence-corrected chi connectivity index (χ4v) is 5.19. The molecular formula is C26H30ClFN4O4. The zero-order chi connectivity index (χ0) is 26.2. The summed E-state index contributed by atoms with van der Waals surface area (Å²) >= 11 is 5.93. The maximum absolute atomic E-state index is 14.5. The number of H-pyrrole nitrogens is 1. The van der Waals surface area contributed by atoms with Gasteiger partial charge >= 0.3 is 0 Å². The van der Waals surface area contributed by atoms with Gasteiger partial charge in [0.15, 0.2) is 11.6 Å². The highest BCUT2D eigenvalue weighted by molar-refractivity contribution is 6.31. The van der Waals surface area contributed by atoms with Crippen molar-refractivity contribution in [3.05, 3.63) is 28.7 Å². The first-order valence-corrected chi connectivity index (χ1v) is 12.5. The minimum atomic E-state index is -0.840. The van der Waals surface area contributed by atoms with E-state index in [-0.39, 0.29) is 58.1 Å². The summed E-state index contributed by atoms with van der Waals surface area (Å²) in [6.07, 6.45) is 3.20. The van der Waals surface area contributed by atoms with Gasteiger partial charge < -0.3 is 20.4 Å². The van der Waals surface area contributed by atoms with Gasteiger partial charge in [-0.3, -0.25) is 14.4 Å². The lowest BCUT2D eigenvalue weighted by Gasteiger charge is -2.20. The lowest BCUT2D eigenvalue weighted by Crippen LogP contribution is -2.40. The number of halogens is 2. The number of amides is 2. The third-order valence-corrected chi connectivity index (χ3v) is 7.26. The van der Waals surface area contributed by atoms with E-state index < -0.39 is 17.8 Å². The van der Waals surface area contributed by atoms with Crippen molar-refractivity contribution >= 4 is 40.1 Å². The number of carbonyl (C=O) groups is 3. The van der Waals surface area contributed by atoms with Gasteiger partial charge in [-0.05, 0) is 45.1 Å². The Bertz CT molecular complexity index is 1250. The molecule has 4 rings (SSSR count). The number of carbonyl (C=O) groups excluding carboxylic acids is 3. The van der Waals surface area contributed by atoms with E-state index in [1.54, 1.807) is 0 Å². The molecule has 36 heavy (non-hydrogen) atoms. The molecule has 1 saturated carbocycles. The number of methoxy groups -OCH3 is 1. The molecule has 1 aromatic carbocycles. The molecule has 2 aliphatic rings. The van der Waals surface area contributed by atoms with Crippen molar-refractivity contribution in [2.75, 3.05) is 7.11 Å². The van der Waals surface area contributed by atoms with Crippen LogP contribution in [0.15, 0.2) is 12.1 Å². The molecule has 1 aromatic heterocycles. The highest BCUT2D eigenvalue weighted by atomic mass is 35.5. The quantitative estimate of drug-likeness (QED) is 0.407. The van der Waals surface area contributed by atoms with Crippen LogP contribution in [0.25, 0.3) is 10.9 Å². The zero-order valence-electron chi connectivity index (χ0n) is 20.5. The van der Waals surface area contributed by atoms with Gasteiger partial charge in [-0.25, -0.2) is 4.39 Å². The topological polar surface area (TPSA) is 124 Å². The van der Waals surface area contributed by atoms with Gasteiger partial charge in [-0.1, -0.05) is 24.4 Å². The molecule has 2 fully saturated rings. The number of nitrogens with zero attached hydrogens (tertiary/aromatic N) is 1. The van der Waals surface area contributed by atoms with Gasteiger partial charge in [-0.2, -0.15) is 5.26 Å². The smallest absolute Gasteiger partial charge is 0.224 e. The fourth-order valence-electron chi connectivity index (χ4n) is 4.99. The number of hydrogen-bond acceptors (Lipinski definition) is 5. The van der Waals surface area contributed by atoms with Gasteiger partial charge in [0.25, 0.3) is 0 Å². The highest BCUT2D eigenvalue weighted by Gasteiger charge is 2.39. The molecule has 3 N–H and O–H groups in total. The molecule has 1 aliphatic heterocycles. The molecule has 0 bridgehead atoms. The second kappa shape index (κ2) is 10.1. The van der Waals surface area contributed by atoms with Crippen LogP contribution in [0.3, 0.4) is 0 Å². The summed E-state index contributed by atoms with van der Waals surface area (Å²) in [7, 11) is 1.43. The molecule has 192 valence electrons. The van der Waals surface area contributed by atoms with Crippen molar-refractivity contribution < 1.29 is 23.5 Å². The summed E-state index contributed by atoms with van der Waals surface area (Å²) in [6.45, 7) is 3.84. The number of nitrogens with one attached hydrogen (secondary N) is 3. The van der Waals surface area contributed by atoms with Crippen LogP contribution in [0.2, 0.25) is 5.02 Å². The Morgan fingerprint density at radius 3 is 2.64 bits per heavy atom. The number of ether oxygens (including phenoxy) is 1. The van der Waals surface area contributed by atoms with Crippen molar-refractivity contribution in [1.82, 2.24) is 15.6 Å². The van der Waals surface area contributed by atoms with Gasteiger partial charge in [-0.15, -0.1) is 0 Å². The van der Waals surface area contributed by atoms with Gasteiger partial charge in [0.05, 0.1) is 29.4 Å². The van der Waals surface area contributed by atoms with Crippen LogP contribution in [0, 0.1) is 34.9 Å². The van der Waals surface area contributed by atoms with E-state index in [2.05, 4.69) is 21.7 Å². The summed E-state index contributed by atoms with van der Waals surface area (Å²) in [5.74, 6) is -1.87. The standard InChI is InChI=1S/C26H30ClFN4O4/c1-26(2)11-15(25(35)32-26)7-16(12-29)30-24(34)14(6-13-4-5-13)8-20(33)19-9-17-21(36-3)10-18(27)22(28)23(17)31-19/h9-10,13-16,31H,4-8,11H2,1-3H3,(H,30,34)(H,32,35)/t14-,15-,16+/m1/s1. The lowest BCUT2D eigenvalue weighted by atomic mass is 9.90. The predicted octanol–water partition coefficient (Wildman–Crippen LogP) is 4.27. The highest BCUT2D eigenvalue weighted by Crippen LogP contribution is 2.38. The van der Waals surface area contributed by atoms with Crippen molar-refractivity contribution in [3.8, 4) is 11.8 Å². The number of aromatic amines is 1. The number of nitriles is 1. The monoisotopic (exact) mass is 516 g/mol. The SMILES string of the molecule is COc1cc(Cl)c(F)c2[nH]c(C(=O)C[C@@H](CC3CC3)C(=O)N[C@H](C#N)C[C@@H]3CC(C)(C)NC3=O)cc12. The van der Waals surface area contributed by atoms with E-state index in [0.29, 0.717) is 29.9 Å². The molecule has 8 nitrogen and oxygen atoms in total. The fraction of sp³-hybridized carbons (Fsp3) is 0.538. The van der Waals surface area contributed by atoms with Crippen molar-refractivity contribution in [1.29, 1.82) is 5.26 Å². The number of Topliss-reactive ketones (excluding diaryl/α,β-unsaturated/α-hetero) is 1. The Balaban J connectivity index is 1.48. The van der Waals surface area contributed by atoms with Crippen molar-refractivity contribution in [3.63, 3.8) is 0 Å². The summed E-state index contributed by atoms with van der Waals surface area (Å²) < 4.78 is 19.8. The summed E-state index contributed by atoms with van der Waals surface area (Å²) in [5, 5.41) is 15.5. The number of fused-ring (bicyclic) bond motifs is 1. The maximum atomic E-state index is 14.5. The van der Waals surface area contributed by atoms with Crippen molar-refractivity contribution in [2.45, 2.75) is 64.0 Å². The number of rotatable bonds is 10. The van der Waals surface area contributed by atoms with Crippen LogP contribution in [-0.2, 0) is 9.59 Å². The Labute approximate surface area is 213 Å². The normalized spacial score (nSPS) is 20.4. The lowest BCUT2D eigenvalue weighted by molar-refractivity contribution is -0.127. The maximum Gasteiger partial charge on any atom is 0.224 e. The largest absolute Gasteiger partial charge is 0.496 e. The molecule has 1 aliphatic carbocycles. The van der Waals surface area contributed by atoms with Crippen LogP contribution >= 0.6 is 11.6 Å². The van der Waals surface area contributed by atoms with E-state index in [0.717, 1.165) is 12.8 Å². The third-order valence-electron chi connectivity index (χ3n) is 6.99. The van der Waals surface area contributed by atoms with Crippen LogP contribution in [0.1, 0.15) is 62.9 Å². The van der Waals surface area contributed by atoms with E-state index in [9.17, 15) is 24.0 Å². The van der Waals surface area contributed by atoms with E-state index in [1.165, 1.54) is 19.2 Å². The Hall–Kier alpha value is -3.12. The second-order valence-electron chi connectivity index (χ2n) is 10.5. The van der Waals surface area contributed by atoms with E-state index >= 15 is 0 Å². The average Bonchev–Trinajstić information content (AvgIpc) is 3.45. The molecule has 10 heteroatoms. The van der Waals surface area contributed by atoms with E-state index in [1.807, 2.05) is 13.8 Å². The zero-order valence-corrected chi connectivity index (χ0v) is 21.3. The van der Waals surface area contributed by atoms with E-state index in [4.69, 9.17) is 16.3 Å². The molecule has 0 spiro atoms. The Kier molecular flexibility index (Phi) is 7.28. The Morgan fingerprint density at radius 1 is 1.33 bits per heavy atom. The van der Waals surface area contributed by atoms with Crippen LogP contribution in [-0.4, -0.2) is 41.3 Å². The van der Waals surface area contributed by atoms with Crippen molar-refractivity contribution in [2.24, 2.45) is 17.8 Å². The molecule has 1 saturated heterocycles. The predicted molar refractivity (Wildman–Crippen MR) is 132 cm³/mol. The average molecular weight is 517 g/mol. The second-order valence-corrected chi connectivity index (χ2v) is 11.0. The molecule has 3 atom stereocenters. The molecule has 2 aromatic rings. The summed E-state index contributed by atoms with van der Waals surface area (Å²) in [5.41, 5.74) is -0.133. The number of hydrogen-bond donors (Lipinski definition) is 3. The first kappa shape index (κ1) is 26.0. The van der Waals surface area contributed by atoms with Crippen LogP contribution in [0.5, 0.6) is 5.75 Å². The third kappa shape index (κ3) is 5.65. The number of ketones is 1. The van der Waals surface area contributed by atoms with Crippen LogP contribution in [0.4, 0.5) is 4.39 Å². The molecule has 2 heterocycles. The van der Waals surface area contributed by atoms with Gasteiger partial charge in [0.2, 0.25) is 11.8 Å². The molecule has 0 unspecified atom stereocenters. The molecular weight excluding hydrogens is 487 g/mol. The summed E-state index contributed by atoms with van der Waals surface area (Å²) in [6, 6.07) is 4.09. The first-order valence-electron chi connectivity index (χ1n) is 12.1. The minimum absolute atomic E-state index is 0.0632. The van der Waals surface area contributed by atoms with Gasteiger partial charge in [0.1, 0.15) is 11.8 Å². The molecule has 2 amide bonds. The Morgan fingerprint density at radius 2 is 2.06 bits per heavy atom. The van der Waals surface area contributed by atoms with Crippen LogP contribution < -0.4 is 15.4 Å². The summed E-state index contributed by atoms with van der Waals surface area (Å²) in [4.78, 5) is 41.4. The van der Waals surface area contributed by atoms with Gasteiger partial charge in [0, 0.05) is 35.2 Å². The minimum Gasteiger partial charge on any atom is -0.496 e. The number of benzene rings is 1.